The Kier molecular flexibility index (Phi) is 7.41. The number of amides is 3. The number of carbonyl (C=O) groups is 3. The van der Waals surface area contributed by atoms with E-state index in [0.29, 0.717) is 36.9 Å². The Balaban J connectivity index is 2.42. The third-order valence-electron chi connectivity index (χ3n) is 5.32. The van der Waals surface area contributed by atoms with Crippen molar-refractivity contribution in [2.24, 2.45) is 5.92 Å². The molecule has 0 aliphatic carbocycles. The summed E-state index contributed by atoms with van der Waals surface area (Å²) in [4.78, 5) is 44.2. The summed E-state index contributed by atoms with van der Waals surface area (Å²) in [7, 11) is 7.08. The van der Waals surface area contributed by atoms with Crippen molar-refractivity contribution in [3.05, 3.63) is 29.8 Å². The Bertz CT molecular complexity index is 762. The van der Waals surface area contributed by atoms with Crippen LogP contribution in [0.3, 0.4) is 0 Å². The van der Waals surface area contributed by atoms with Crippen molar-refractivity contribution < 1.29 is 19.1 Å². The summed E-state index contributed by atoms with van der Waals surface area (Å²) in [6.07, 6.45) is -0.0416. The van der Waals surface area contributed by atoms with Gasteiger partial charge in [-0.05, 0) is 37.7 Å². The van der Waals surface area contributed by atoms with Crippen LogP contribution in [0.5, 0.6) is 5.75 Å². The van der Waals surface area contributed by atoms with E-state index >= 15 is 0 Å². The van der Waals surface area contributed by atoms with E-state index in [1.54, 1.807) is 43.3 Å². The molecule has 0 saturated carbocycles. The molecule has 0 radical (unpaired) electrons. The zero-order chi connectivity index (χ0) is 21.8. The zero-order valence-corrected chi connectivity index (χ0v) is 18.4. The molecule has 1 unspecified atom stereocenters. The Morgan fingerprint density at radius 3 is 2.52 bits per heavy atom. The van der Waals surface area contributed by atoms with Gasteiger partial charge in [0.1, 0.15) is 5.75 Å². The van der Waals surface area contributed by atoms with Crippen LogP contribution in [0.1, 0.15) is 32.3 Å². The van der Waals surface area contributed by atoms with Crippen LogP contribution in [-0.2, 0) is 19.8 Å². The van der Waals surface area contributed by atoms with Gasteiger partial charge in [0.25, 0.3) is 0 Å². The van der Waals surface area contributed by atoms with Crippen molar-refractivity contribution in [1.29, 1.82) is 0 Å². The van der Waals surface area contributed by atoms with E-state index in [9.17, 15) is 14.4 Å². The minimum Gasteiger partial charge on any atom is -0.497 e. The van der Waals surface area contributed by atoms with Gasteiger partial charge in [-0.15, -0.1) is 0 Å². The molecule has 1 aliphatic rings. The maximum Gasteiger partial charge on any atom is 0.240 e. The SMILES string of the molecule is COc1cccc(C2(CC(=O)N(C)CC(C)C)CC(=O)N(CCN(C)C)C2=O)c1. The molecule has 1 fully saturated rings. The van der Waals surface area contributed by atoms with E-state index in [-0.39, 0.29) is 30.6 Å². The smallest absolute Gasteiger partial charge is 0.240 e. The first-order valence-corrected chi connectivity index (χ1v) is 9.98. The van der Waals surface area contributed by atoms with E-state index in [0.717, 1.165) is 0 Å². The molecule has 1 atom stereocenters. The van der Waals surface area contributed by atoms with Crippen molar-refractivity contribution in [2.45, 2.75) is 32.1 Å². The van der Waals surface area contributed by atoms with E-state index < -0.39 is 5.41 Å². The largest absolute Gasteiger partial charge is 0.497 e. The fraction of sp³-hybridized carbons (Fsp3) is 0.591. The Hall–Kier alpha value is -2.41. The van der Waals surface area contributed by atoms with Crippen LogP contribution in [-0.4, -0.2) is 80.3 Å². The highest BCUT2D eigenvalue weighted by molar-refractivity contribution is 6.10. The van der Waals surface area contributed by atoms with Crippen molar-refractivity contribution in [3.63, 3.8) is 0 Å². The molecular weight excluding hydrogens is 370 g/mol. The minimum atomic E-state index is -1.19. The molecular formula is C22H33N3O4. The molecule has 0 spiro atoms. The second-order valence-electron chi connectivity index (χ2n) is 8.49. The van der Waals surface area contributed by atoms with Gasteiger partial charge in [-0.2, -0.15) is 0 Å². The Morgan fingerprint density at radius 1 is 1.24 bits per heavy atom. The first-order valence-electron chi connectivity index (χ1n) is 9.98. The number of likely N-dealkylation sites (tertiary alicyclic amines) is 1. The molecule has 0 bridgehead atoms. The summed E-state index contributed by atoms with van der Waals surface area (Å²) in [5.74, 6) is 0.228. The number of rotatable bonds is 9. The topological polar surface area (TPSA) is 70.2 Å². The third-order valence-corrected chi connectivity index (χ3v) is 5.32. The molecule has 160 valence electrons. The maximum atomic E-state index is 13.5. The van der Waals surface area contributed by atoms with Crippen LogP contribution >= 0.6 is 0 Å². The van der Waals surface area contributed by atoms with Crippen molar-refractivity contribution >= 4 is 17.7 Å². The van der Waals surface area contributed by atoms with Crippen LogP contribution < -0.4 is 4.74 Å². The third kappa shape index (κ3) is 5.15. The van der Waals surface area contributed by atoms with E-state index in [1.807, 2.05) is 32.8 Å². The summed E-state index contributed by atoms with van der Waals surface area (Å²) in [5, 5.41) is 0. The number of methoxy groups -OCH3 is 1. The maximum absolute atomic E-state index is 13.5. The fourth-order valence-corrected chi connectivity index (χ4v) is 3.76. The highest BCUT2D eigenvalue weighted by Crippen LogP contribution is 2.41. The van der Waals surface area contributed by atoms with Crippen molar-refractivity contribution in [3.8, 4) is 5.75 Å². The van der Waals surface area contributed by atoms with Gasteiger partial charge in [0.2, 0.25) is 17.7 Å². The van der Waals surface area contributed by atoms with Gasteiger partial charge in [-0.3, -0.25) is 19.3 Å². The standard InChI is InChI=1S/C22H33N3O4/c1-16(2)15-24(5)19(26)13-22(17-8-7-9-18(12-17)29-6)14-20(27)25(21(22)28)11-10-23(3)4/h7-9,12,16H,10-11,13-15H2,1-6H3. The molecule has 7 heteroatoms. The zero-order valence-electron chi connectivity index (χ0n) is 18.4. The minimum absolute atomic E-state index is 0.00626. The fourth-order valence-electron chi connectivity index (χ4n) is 3.76. The van der Waals surface area contributed by atoms with Crippen LogP contribution in [0.4, 0.5) is 0 Å². The number of carbonyl (C=O) groups excluding carboxylic acids is 3. The molecule has 7 nitrogen and oxygen atoms in total. The normalized spacial score (nSPS) is 19.4. The van der Waals surface area contributed by atoms with Crippen molar-refractivity contribution in [1.82, 2.24) is 14.7 Å². The highest BCUT2D eigenvalue weighted by atomic mass is 16.5. The summed E-state index contributed by atoms with van der Waals surface area (Å²) in [6, 6.07) is 7.14. The van der Waals surface area contributed by atoms with Gasteiger partial charge in [0, 0.05) is 39.5 Å². The first kappa shape index (κ1) is 22.9. The van der Waals surface area contributed by atoms with E-state index in [1.165, 1.54) is 4.90 Å². The quantitative estimate of drug-likeness (QED) is 0.588. The second-order valence-corrected chi connectivity index (χ2v) is 8.49. The van der Waals surface area contributed by atoms with Crippen LogP contribution in [0.2, 0.25) is 0 Å². The van der Waals surface area contributed by atoms with Gasteiger partial charge in [0.15, 0.2) is 0 Å². The lowest BCUT2D eigenvalue weighted by Crippen LogP contribution is -2.44. The van der Waals surface area contributed by atoms with Crippen LogP contribution in [0, 0.1) is 5.92 Å². The Labute approximate surface area is 173 Å². The summed E-state index contributed by atoms with van der Waals surface area (Å²) < 4.78 is 5.32. The molecule has 2 rings (SSSR count). The molecule has 29 heavy (non-hydrogen) atoms. The monoisotopic (exact) mass is 403 g/mol. The molecule has 1 aromatic rings. The van der Waals surface area contributed by atoms with Gasteiger partial charge in [0.05, 0.1) is 12.5 Å². The lowest BCUT2D eigenvalue weighted by atomic mass is 9.75. The molecule has 1 heterocycles. The second kappa shape index (κ2) is 9.39. The van der Waals surface area contributed by atoms with E-state index in [2.05, 4.69) is 0 Å². The van der Waals surface area contributed by atoms with Gasteiger partial charge in [-0.25, -0.2) is 0 Å². The average molecular weight is 404 g/mol. The highest BCUT2D eigenvalue weighted by Gasteiger charge is 2.54. The molecule has 0 N–H and O–H groups in total. The van der Waals surface area contributed by atoms with Crippen molar-refractivity contribution in [2.75, 3.05) is 47.9 Å². The number of hydrogen-bond donors (Lipinski definition) is 0. The van der Waals surface area contributed by atoms with Crippen LogP contribution in [0.25, 0.3) is 0 Å². The molecule has 1 aromatic carbocycles. The number of likely N-dealkylation sites (N-methyl/N-ethyl adjacent to an activating group) is 1. The first-order chi connectivity index (χ1) is 13.6. The molecule has 1 saturated heterocycles. The van der Waals surface area contributed by atoms with E-state index in [4.69, 9.17) is 4.74 Å². The summed E-state index contributed by atoms with van der Waals surface area (Å²) in [5.41, 5.74) is -0.547. The number of benzene rings is 1. The number of imide groups is 1. The van der Waals surface area contributed by atoms with Gasteiger partial charge < -0.3 is 14.5 Å². The van der Waals surface area contributed by atoms with Gasteiger partial charge >= 0.3 is 0 Å². The lowest BCUT2D eigenvalue weighted by Gasteiger charge is -2.30. The predicted molar refractivity (Wildman–Crippen MR) is 112 cm³/mol. The molecule has 0 aromatic heterocycles. The molecule has 1 aliphatic heterocycles. The Morgan fingerprint density at radius 2 is 1.93 bits per heavy atom. The summed E-state index contributed by atoms with van der Waals surface area (Å²) >= 11 is 0. The number of ether oxygens (including phenoxy) is 1. The average Bonchev–Trinajstić information content (AvgIpc) is 2.89. The van der Waals surface area contributed by atoms with Crippen LogP contribution in [0.15, 0.2) is 24.3 Å². The number of hydrogen-bond acceptors (Lipinski definition) is 5. The predicted octanol–water partition coefficient (Wildman–Crippen LogP) is 1.76. The summed E-state index contributed by atoms with van der Waals surface area (Å²) in [6.45, 7) is 5.56. The number of nitrogens with zero attached hydrogens (tertiary/aromatic N) is 3. The lowest BCUT2D eigenvalue weighted by molar-refractivity contribution is -0.142. The van der Waals surface area contributed by atoms with Gasteiger partial charge in [-0.1, -0.05) is 26.0 Å². The molecule has 3 amide bonds.